The fourth-order valence-electron chi connectivity index (χ4n) is 3.37. The molecule has 3 rings (SSSR count). The highest BCUT2D eigenvalue weighted by atomic mass is 32.2. The molecule has 2 aliphatic rings. The van der Waals surface area contributed by atoms with Crippen molar-refractivity contribution >= 4 is 19.7 Å². The zero-order valence-electron chi connectivity index (χ0n) is 13.9. The molecule has 0 amide bonds. The predicted octanol–water partition coefficient (Wildman–Crippen LogP) is 0.842. The SMILES string of the molecule is Cc1cc(S(=O)(=O)[C@H]2CS(=O)(=O)C[C@@H]2NC[C@@H]2CCCO2)ccc1F. The Balaban J connectivity index is 1.84. The highest BCUT2D eigenvalue weighted by molar-refractivity contribution is 7.96. The maximum absolute atomic E-state index is 13.4. The average Bonchev–Trinajstić information content (AvgIpc) is 3.15. The van der Waals surface area contributed by atoms with Gasteiger partial charge in [-0.2, -0.15) is 0 Å². The number of sulfone groups is 2. The summed E-state index contributed by atoms with van der Waals surface area (Å²) in [6.45, 7) is 2.58. The lowest BCUT2D eigenvalue weighted by Gasteiger charge is -2.22. The molecule has 2 fully saturated rings. The molecule has 2 saturated heterocycles. The van der Waals surface area contributed by atoms with Crippen molar-refractivity contribution in [1.82, 2.24) is 5.32 Å². The maximum Gasteiger partial charge on any atom is 0.183 e. The molecule has 0 bridgehead atoms. The Labute approximate surface area is 147 Å². The number of halogens is 1. The summed E-state index contributed by atoms with van der Waals surface area (Å²) in [6, 6.07) is 2.86. The van der Waals surface area contributed by atoms with Crippen molar-refractivity contribution in [1.29, 1.82) is 0 Å². The molecule has 1 aromatic rings. The van der Waals surface area contributed by atoms with Crippen LogP contribution in [0.2, 0.25) is 0 Å². The van der Waals surface area contributed by atoms with Gasteiger partial charge in [0.1, 0.15) is 5.82 Å². The fraction of sp³-hybridized carbons (Fsp3) is 0.625. The van der Waals surface area contributed by atoms with Gasteiger partial charge < -0.3 is 10.1 Å². The van der Waals surface area contributed by atoms with Gasteiger partial charge in [-0.25, -0.2) is 21.2 Å². The second-order valence-corrected chi connectivity index (χ2v) is 11.0. The molecule has 0 aliphatic carbocycles. The standard InChI is InChI=1S/C16H22FNO5S2/c1-11-7-13(4-5-14(11)17)25(21,22)16-10-24(19,20)9-15(16)18-8-12-3-2-6-23-12/h4-5,7,12,15-16,18H,2-3,6,8-10H2,1H3/t12-,15-,16-/m0/s1. The van der Waals surface area contributed by atoms with E-state index < -0.39 is 42.5 Å². The smallest absolute Gasteiger partial charge is 0.183 e. The van der Waals surface area contributed by atoms with Crippen LogP contribution in [0.15, 0.2) is 23.1 Å². The van der Waals surface area contributed by atoms with E-state index >= 15 is 0 Å². The van der Waals surface area contributed by atoms with Crippen molar-refractivity contribution < 1.29 is 26.0 Å². The van der Waals surface area contributed by atoms with Gasteiger partial charge >= 0.3 is 0 Å². The summed E-state index contributed by atoms with van der Waals surface area (Å²) in [5.41, 5.74) is 0.214. The quantitative estimate of drug-likeness (QED) is 0.749. The van der Waals surface area contributed by atoms with E-state index in [9.17, 15) is 21.2 Å². The minimum atomic E-state index is -3.89. The molecule has 9 heteroatoms. The molecule has 1 N–H and O–H groups in total. The van der Waals surface area contributed by atoms with Crippen LogP contribution < -0.4 is 5.32 Å². The van der Waals surface area contributed by atoms with Crippen LogP contribution in [0.4, 0.5) is 4.39 Å². The lowest BCUT2D eigenvalue weighted by molar-refractivity contribution is 0.108. The number of benzene rings is 1. The second-order valence-electron chi connectivity index (χ2n) is 6.72. The summed E-state index contributed by atoms with van der Waals surface area (Å²) in [5, 5.41) is 1.99. The number of hydrogen-bond donors (Lipinski definition) is 1. The van der Waals surface area contributed by atoms with Gasteiger partial charge in [0.2, 0.25) is 0 Å². The molecule has 2 aliphatic heterocycles. The summed E-state index contributed by atoms with van der Waals surface area (Å²) in [6.07, 6.45) is 1.81. The highest BCUT2D eigenvalue weighted by Crippen LogP contribution is 2.27. The Hall–Kier alpha value is -1.03. The lowest BCUT2D eigenvalue weighted by Crippen LogP contribution is -2.45. The van der Waals surface area contributed by atoms with Crippen molar-refractivity contribution in [3.05, 3.63) is 29.6 Å². The Morgan fingerprint density at radius 2 is 2.08 bits per heavy atom. The third-order valence-electron chi connectivity index (χ3n) is 4.79. The van der Waals surface area contributed by atoms with Crippen LogP contribution >= 0.6 is 0 Å². The predicted molar refractivity (Wildman–Crippen MR) is 91.5 cm³/mol. The number of nitrogens with one attached hydrogen (secondary N) is 1. The number of aryl methyl sites for hydroxylation is 1. The summed E-state index contributed by atoms with van der Waals surface area (Å²) in [5.74, 6) is -1.13. The topological polar surface area (TPSA) is 89.5 Å². The Morgan fingerprint density at radius 3 is 2.72 bits per heavy atom. The minimum absolute atomic E-state index is 0.0141. The maximum atomic E-state index is 13.4. The van der Waals surface area contributed by atoms with Gasteiger partial charge in [-0.3, -0.25) is 0 Å². The Kier molecular flexibility index (Phi) is 5.21. The van der Waals surface area contributed by atoms with Crippen LogP contribution in [0, 0.1) is 12.7 Å². The van der Waals surface area contributed by atoms with E-state index in [2.05, 4.69) is 5.32 Å². The van der Waals surface area contributed by atoms with E-state index in [0.717, 1.165) is 18.9 Å². The van der Waals surface area contributed by atoms with Gasteiger partial charge in [0.25, 0.3) is 0 Å². The second kappa shape index (κ2) is 6.94. The van der Waals surface area contributed by atoms with Crippen LogP contribution in [0.5, 0.6) is 0 Å². The molecule has 140 valence electrons. The fourth-order valence-corrected chi connectivity index (χ4v) is 8.17. The van der Waals surface area contributed by atoms with Crippen molar-refractivity contribution in [2.24, 2.45) is 0 Å². The summed E-state index contributed by atoms with van der Waals surface area (Å²) < 4.78 is 68.9. The molecule has 3 atom stereocenters. The lowest BCUT2D eigenvalue weighted by atomic mass is 10.2. The zero-order valence-corrected chi connectivity index (χ0v) is 15.6. The van der Waals surface area contributed by atoms with Crippen molar-refractivity contribution in [3.63, 3.8) is 0 Å². The first-order valence-electron chi connectivity index (χ1n) is 8.24. The van der Waals surface area contributed by atoms with Crippen LogP contribution in [0.3, 0.4) is 0 Å². The first kappa shape index (κ1) is 18.8. The third-order valence-corrected chi connectivity index (χ3v) is 8.94. The Morgan fingerprint density at radius 1 is 1.32 bits per heavy atom. The molecule has 0 aromatic heterocycles. The van der Waals surface area contributed by atoms with E-state index in [1.165, 1.54) is 19.1 Å². The normalized spacial score (nSPS) is 29.1. The molecule has 0 saturated carbocycles. The summed E-state index contributed by atoms with van der Waals surface area (Å²) >= 11 is 0. The highest BCUT2D eigenvalue weighted by Gasteiger charge is 2.45. The van der Waals surface area contributed by atoms with E-state index in [1.807, 2.05) is 0 Å². The third kappa shape index (κ3) is 4.05. The van der Waals surface area contributed by atoms with Gasteiger partial charge in [0, 0.05) is 19.2 Å². The molecule has 0 spiro atoms. The summed E-state index contributed by atoms with van der Waals surface area (Å²) in [7, 11) is -7.35. The Bertz CT molecular complexity index is 847. The van der Waals surface area contributed by atoms with Crippen LogP contribution in [0.1, 0.15) is 18.4 Å². The van der Waals surface area contributed by atoms with E-state index in [4.69, 9.17) is 4.74 Å². The summed E-state index contributed by atoms with van der Waals surface area (Å²) in [4.78, 5) is -0.0441. The molecule has 25 heavy (non-hydrogen) atoms. The van der Waals surface area contributed by atoms with Crippen molar-refractivity contribution in [2.75, 3.05) is 24.7 Å². The molecular weight excluding hydrogens is 369 g/mol. The molecule has 1 aromatic carbocycles. The molecular formula is C16H22FNO5S2. The van der Waals surface area contributed by atoms with Gasteiger partial charge in [-0.1, -0.05) is 0 Å². The van der Waals surface area contributed by atoms with Crippen LogP contribution in [0.25, 0.3) is 0 Å². The van der Waals surface area contributed by atoms with Gasteiger partial charge in [0.15, 0.2) is 19.7 Å². The minimum Gasteiger partial charge on any atom is -0.377 e. The average molecular weight is 391 g/mol. The van der Waals surface area contributed by atoms with Crippen LogP contribution in [-0.4, -0.2) is 58.9 Å². The monoisotopic (exact) mass is 391 g/mol. The van der Waals surface area contributed by atoms with E-state index in [-0.39, 0.29) is 22.3 Å². The number of rotatable bonds is 5. The largest absolute Gasteiger partial charge is 0.377 e. The number of hydrogen-bond acceptors (Lipinski definition) is 6. The number of ether oxygens (including phenoxy) is 1. The first-order chi connectivity index (χ1) is 11.7. The molecule has 6 nitrogen and oxygen atoms in total. The molecule has 0 unspecified atom stereocenters. The van der Waals surface area contributed by atoms with Gasteiger partial charge in [0.05, 0.1) is 27.8 Å². The van der Waals surface area contributed by atoms with Gasteiger partial charge in [-0.05, 0) is 43.5 Å². The molecule has 2 heterocycles. The zero-order chi connectivity index (χ0) is 18.2. The molecule has 0 radical (unpaired) electrons. The van der Waals surface area contributed by atoms with Crippen LogP contribution in [-0.2, 0) is 24.4 Å². The van der Waals surface area contributed by atoms with Gasteiger partial charge in [-0.15, -0.1) is 0 Å². The van der Waals surface area contributed by atoms with Crippen molar-refractivity contribution in [3.8, 4) is 0 Å². The first-order valence-corrected chi connectivity index (χ1v) is 11.6. The van der Waals surface area contributed by atoms with E-state index in [0.29, 0.717) is 13.2 Å². The van der Waals surface area contributed by atoms with E-state index in [1.54, 1.807) is 0 Å². The van der Waals surface area contributed by atoms with Crippen molar-refractivity contribution in [2.45, 2.75) is 42.1 Å².